The topological polar surface area (TPSA) is 142 Å². The molecule has 218 valence electrons. The summed E-state index contributed by atoms with van der Waals surface area (Å²) < 4.78 is 5.47. The Kier molecular flexibility index (Phi) is 9.75. The van der Waals surface area contributed by atoms with Crippen LogP contribution in [0.1, 0.15) is 56.6 Å². The number of carboxylic acid groups (broad SMARTS) is 2. The van der Waals surface area contributed by atoms with Crippen LogP contribution in [0.15, 0.2) is 60.3 Å². The van der Waals surface area contributed by atoms with Gasteiger partial charge in [-0.05, 0) is 59.1 Å². The molecule has 0 saturated heterocycles. The zero-order chi connectivity index (χ0) is 29.6. The lowest BCUT2D eigenvalue weighted by atomic mass is 9.98. The number of rotatable bonds is 14. The van der Waals surface area contributed by atoms with Crippen LogP contribution in [0.5, 0.6) is 0 Å². The van der Waals surface area contributed by atoms with E-state index in [1.807, 2.05) is 62.4 Å². The van der Waals surface area contributed by atoms with Gasteiger partial charge in [0.15, 0.2) is 0 Å². The van der Waals surface area contributed by atoms with E-state index < -0.39 is 24.1 Å². The Labute approximate surface area is 243 Å². The van der Waals surface area contributed by atoms with Crippen molar-refractivity contribution in [3.63, 3.8) is 0 Å². The van der Waals surface area contributed by atoms with Gasteiger partial charge in [-0.3, -0.25) is 4.79 Å². The molecular weight excluding hydrogens is 544 g/mol. The first-order chi connectivity index (χ1) is 19.6. The van der Waals surface area contributed by atoms with Crippen LogP contribution in [0.4, 0.5) is 4.79 Å². The molecule has 4 N–H and O–H groups in total. The highest BCUT2D eigenvalue weighted by Crippen LogP contribution is 2.51. The van der Waals surface area contributed by atoms with Crippen LogP contribution in [-0.4, -0.2) is 58.3 Å². The monoisotopic (exact) mass is 580 g/mol. The van der Waals surface area contributed by atoms with Crippen molar-refractivity contribution in [2.24, 2.45) is 11.3 Å². The molecule has 0 unspecified atom stereocenters. The third-order valence-electron chi connectivity index (χ3n) is 7.63. The Hall–Kier alpha value is -3.79. The molecule has 2 amide bonds. The lowest BCUT2D eigenvalue weighted by Gasteiger charge is -2.17. The Morgan fingerprint density at radius 2 is 1.63 bits per heavy atom. The van der Waals surface area contributed by atoms with Crippen LogP contribution in [0.2, 0.25) is 0 Å². The highest BCUT2D eigenvalue weighted by molar-refractivity contribution is 7.99. The average molecular weight is 581 g/mol. The molecule has 1 fully saturated rings. The second kappa shape index (κ2) is 13.2. The van der Waals surface area contributed by atoms with E-state index in [0.29, 0.717) is 18.6 Å². The maximum atomic E-state index is 12.5. The quantitative estimate of drug-likeness (QED) is 0.180. The SMILES string of the molecule is CC1(C)C[C@@H]1C(=O)N/C(=C/CCCCSC[C@H](NC(=O)OCC1c2ccccc2-c2ccccc21)C(=O)O)C(=O)O. The van der Waals surface area contributed by atoms with Gasteiger partial charge in [-0.2, -0.15) is 11.8 Å². The number of ether oxygens (including phenoxy) is 1. The lowest BCUT2D eigenvalue weighted by molar-refractivity contribution is -0.138. The molecule has 2 atom stereocenters. The summed E-state index contributed by atoms with van der Waals surface area (Å²) in [7, 11) is 0. The van der Waals surface area contributed by atoms with Crippen molar-refractivity contribution in [3.8, 4) is 11.1 Å². The van der Waals surface area contributed by atoms with Gasteiger partial charge in [0.25, 0.3) is 0 Å². The smallest absolute Gasteiger partial charge is 0.407 e. The van der Waals surface area contributed by atoms with Crippen molar-refractivity contribution < 1.29 is 34.1 Å². The molecule has 2 aliphatic carbocycles. The second-order valence-electron chi connectivity index (χ2n) is 11.1. The molecule has 0 spiro atoms. The molecule has 9 nitrogen and oxygen atoms in total. The number of allylic oxidation sites excluding steroid dienone is 1. The first-order valence-corrected chi connectivity index (χ1v) is 14.9. The number of carbonyl (C=O) groups is 4. The third-order valence-corrected chi connectivity index (χ3v) is 8.77. The molecule has 0 heterocycles. The van der Waals surface area contributed by atoms with Crippen LogP contribution in [0.25, 0.3) is 11.1 Å². The van der Waals surface area contributed by atoms with Gasteiger partial charge < -0.3 is 25.6 Å². The van der Waals surface area contributed by atoms with Crippen LogP contribution in [0, 0.1) is 11.3 Å². The van der Waals surface area contributed by atoms with Gasteiger partial charge in [-0.15, -0.1) is 0 Å². The Morgan fingerprint density at radius 1 is 1.02 bits per heavy atom. The second-order valence-corrected chi connectivity index (χ2v) is 12.2. The summed E-state index contributed by atoms with van der Waals surface area (Å²) >= 11 is 1.39. The number of carbonyl (C=O) groups excluding carboxylic acids is 2. The minimum absolute atomic E-state index is 0.0846. The van der Waals surface area contributed by atoms with Crippen molar-refractivity contribution in [2.45, 2.75) is 51.5 Å². The molecule has 0 aromatic heterocycles. The van der Waals surface area contributed by atoms with Crippen molar-refractivity contribution in [1.82, 2.24) is 10.6 Å². The van der Waals surface area contributed by atoms with E-state index in [0.717, 1.165) is 35.1 Å². The highest BCUT2D eigenvalue weighted by atomic mass is 32.2. The van der Waals surface area contributed by atoms with Gasteiger partial charge in [0, 0.05) is 17.6 Å². The van der Waals surface area contributed by atoms with E-state index >= 15 is 0 Å². The first kappa shape index (κ1) is 30.2. The normalized spacial score (nSPS) is 17.6. The summed E-state index contributed by atoms with van der Waals surface area (Å²) in [5.41, 5.74) is 4.18. The van der Waals surface area contributed by atoms with E-state index in [1.165, 1.54) is 17.8 Å². The molecule has 2 aliphatic rings. The van der Waals surface area contributed by atoms with Crippen LogP contribution >= 0.6 is 11.8 Å². The number of hydrogen-bond acceptors (Lipinski definition) is 6. The summed E-state index contributed by atoms with van der Waals surface area (Å²) in [5.74, 6) is -2.05. The van der Waals surface area contributed by atoms with Crippen molar-refractivity contribution >= 4 is 35.7 Å². The Bertz CT molecular complexity index is 1290. The molecule has 2 aromatic rings. The molecule has 1 saturated carbocycles. The summed E-state index contributed by atoms with van der Waals surface area (Å²) in [6, 6.07) is 14.9. The van der Waals surface area contributed by atoms with E-state index in [4.69, 9.17) is 4.74 Å². The zero-order valence-corrected chi connectivity index (χ0v) is 24.0. The van der Waals surface area contributed by atoms with Gasteiger partial charge in [0.1, 0.15) is 18.3 Å². The summed E-state index contributed by atoms with van der Waals surface area (Å²) in [5, 5.41) is 23.9. The first-order valence-electron chi connectivity index (χ1n) is 13.7. The molecule has 4 rings (SSSR count). The maximum Gasteiger partial charge on any atom is 0.407 e. The number of benzene rings is 2. The van der Waals surface area contributed by atoms with Gasteiger partial charge in [0.05, 0.1) is 0 Å². The predicted molar refractivity (Wildman–Crippen MR) is 157 cm³/mol. The van der Waals surface area contributed by atoms with Gasteiger partial charge in [-0.25, -0.2) is 14.4 Å². The predicted octanol–water partition coefficient (Wildman–Crippen LogP) is 5.01. The molecule has 41 heavy (non-hydrogen) atoms. The minimum atomic E-state index is -1.17. The fraction of sp³-hybridized carbons (Fsp3) is 0.419. The van der Waals surface area contributed by atoms with E-state index in [1.54, 1.807) is 0 Å². The average Bonchev–Trinajstić information content (AvgIpc) is 3.47. The molecular formula is C31H36N2O7S. The standard InChI is InChI=1S/C31H36N2O7S/c1-31(2)16-24(31)27(34)32-25(28(35)36)14-4-3-9-15-41-18-26(29(37)38)33-30(39)40-17-23-21-12-7-5-10-19(21)20-11-6-8-13-22(20)23/h5-8,10-14,23-24,26H,3-4,9,15-18H2,1-2H3,(H,32,34)(H,33,39)(H,35,36)(H,37,38)/b25-14+/t24-,26+/m1/s1. The van der Waals surface area contributed by atoms with Crippen molar-refractivity contribution in [2.75, 3.05) is 18.1 Å². The molecule has 0 aliphatic heterocycles. The summed E-state index contributed by atoms with van der Waals surface area (Å²) in [6.45, 7) is 4.05. The van der Waals surface area contributed by atoms with E-state index in [2.05, 4.69) is 10.6 Å². The Balaban J connectivity index is 1.17. The van der Waals surface area contributed by atoms with Crippen LogP contribution < -0.4 is 10.6 Å². The number of alkyl carbamates (subject to hydrolysis) is 1. The Morgan fingerprint density at radius 3 is 2.20 bits per heavy atom. The van der Waals surface area contributed by atoms with Crippen molar-refractivity contribution in [1.29, 1.82) is 0 Å². The molecule has 10 heteroatoms. The number of hydrogen-bond donors (Lipinski definition) is 4. The maximum absolute atomic E-state index is 12.5. The van der Waals surface area contributed by atoms with Gasteiger partial charge in [-0.1, -0.05) is 68.5 Å². The van der Waals surface area contributed by atoms with Crippen molar-refractivity contribution in [3.05, 3.63) is 71.4 Å². The molecule has 0 bridgehead atoms. The number of fused-ring (bicyclic) bond motifs is 3. The summed E-state index contributed by atoms with van der Waals surface area (Å²) in [4.78, 5) is 47.9. The number of thioether (sulfide) groups is 1. The number of carboxylic acids is 2. The zero-order valence-electron chi connectivity index (χ0n) is 23.2. The highest BCUT2D eigenvalue weighted by Gasteiger charge is 2.50. The number of nitrogens with one attached hydrogen (secondary N) is 2. The molecule has 0 radical (unpaired) electrons. The lowest BCUT2D eigenvalue weighted by Crippen LogP contribution is -2.43. The third kappa shape index (κ3) is 7.70. The molecule has 2 aromatic carbocycles. The minimum Gasteiger partial charge on any atom is -0.480 e. The summed E-state index contributed by atoms with van der Waals surface area (Å²) in [6.07, 6.45) is 3.34. The van der Waals surface area contributed by atoms with Crippen LogP contribution in [0.3, 0.4) is 0 Å². The fourth-order valence-electron chi connectivity index (χ4n) is 5.08. The number of aliphatic carboxylic acids is 2. The van der Waals surface area contributed by atoms with E-state index in [9.17, 15) is 29.4 Å². The van der Waals surface area contributed by atoms with E-state index in [-0.39, 0.29) is 41.2 Å². The van der Waals surface area contributed by atoms with Crippen LogP contribution in [-0.2, 0) is 19.1 Å². The number of amides is 2. The van der Waals surface area contributed by atoms with Gasteiger partial charge in [0.2, 0.25) is 5.91 Å². The number of unbranched alkanes of at least 4 members (excludes halogenated alkanes) is 2. The largest absolute Gasteiger partial charge is 0.480 e. The van der Waals surface area contributed by atoms with Gasteiger partial charge >= 0.3 is 18.0 Å². The fourth-order valence-corrected chi connectivity index (χ4v) is 6.12.